The van der Waals surface area contributed by atoms with E-state index in [-0.39, 0.29) is 36.1 Å². The number of rotatable bonds is 4. The van der Waals surface area contributed by atoms with Crippen molar-refractivity contribution in [3.05, 3.63) is 0 Å². The average molecular weight is 340 g/mol. The zero-order valence-corrected chi connectivity index (χ0v) is 14.5. The molecule has 3 nitrogen and oxygen atoms in total. The van der Waals surface area contributed by atoms with Crippen molar-refractivity contribution in [3.8, 4) is 0 Å². The first-order chi connectivity index (χ1) is 11.5. The van der Waals surface area contributed by atoms with Gasteiger partial charge in [-0.1, -0.05) is 19.3 Å². The highest BCUT2D eigenvalue weighted by molar-refractivity contribution is 5.80. The molecule has 0 bridgehead atoms. The quantitative estimate of drug-likeness (QED) is 0.848. The van der Waals surface area contributed by atoms with E-state index < -0.39 is 5.92 Å². The largest absolute Gasteiger partial charge is 0.353 e. The lowest BCUT2D eigenvalue weighted by atomic mass is 9.76. The zero-order chi connectivity index (χ0) is 16.8. The van der Waals surface area contributed by atoms with Crippen LogP contribution in [0.15, 0.2) is 0 Å². The van der Waals surface area contributed by atoms with Crippen LogP contribution in [0.4, 0.5) is 8.78 Å². The lowest BCUT2D eigenvalue weighted by Crippen LogP contribution is -2.53. The van der Waals surface area contributed by atoms with Crippen LogP contribution < -0.4 is 5.32 Å². The van der Waals surface area contributed by atoms with Crippen LogP contribution in [0.1, 0.15) is 64.2 Å². The van der Waals surface area contributed by atoms with E-state index in [0.29, 0.717) is 0 Å². The van der Waals surface area contributed by atoms with E-state index in [1.165, 1.54) is 32.2 Å². The third kappa shape index (κ3) is 3.21. The van der Waals surface area contributed by atoms with Gasteiger partial charge in [0.25, 0.3) is 5.92 Å². The number of alkyl halides is 2. The first-order valence-electron chi connectivity index (χ1n) is 9.86. The summed E-state index contributed by atoms with van der Waals surface area (Å²) in [5, 5.41) is 2.92. The minimum atomic E-state index is -2.56. The van der Waals surface area contributed by atoms with Crippen LogP contribution in [0.25, 0.3) is 0 Å². The third-order valence-electron chi connectivity index (χ3n) is 7.12. The SMILES string of the molecule is O=C(NC1CC(F)(F)C1)[C@@H]1CCC[C@@]12CCN(CC1CCCC1)C2. The van der Waals surface area contributed by atoms with Gasteiger partial charge in [-0.25, -0.2) is 8.78 Å². The van der Waals surface area contributed by atoms with Crippen molar-refractivity contribution in [3.63, 3.8) is 0 Å². The predicted octanol–water partition coefficient (Wildman–Crippen LogP) is 3.58. The fraction of sp³-hybridized carbons (Fsp3) is 0.947. The number of amides is 1. The summed E-state index contributed by atoms with van der Waals surface area (Å²) < 4.78 is 26.0. The maximum Gasteiger partial charge on any atom is 0.252 e. The molecule has 0 aromatic heterocycles. The Morgan fingerprint density at radius 2 is 1.83 bits per heavy atom. The Kier molecular flexibility index (Phi) is 4.34. The molecular formula is C19H30F2N2O. The smallest absolute Gasteiger partial charge is 0.252 e. The summed E-state index contributed by atoms with van der Waals surface area (Å²) in [7, 11) is 0. The number of nitrogens with one attached hydrogen (secondary N) is 1. The van der Waals surface area contributed by atoms with Crippen LogP contribution in [0.5, 0.6) is 0 Å². The van der Waals surface area contributed by atoms with E-state index in [4.69, 9.17) is 0 Å². The first-order valence-corrected chi connectivity index (χ1v) is 9.86. The Bertz CT molecular complexity index is 484. The van der Waals surface area contributed by atoms with Crippen molar-refractivity contribution in [2.75, 3.05) is 19.6 Å². The number of carbonyl (C=O) groups excluding carboxylic acids is 1. The lowest BCUT2D eigenvalue weighted by molar-refractivity contribution is -0.135. The second kappa shape index (κ2) is 6.22. The highest BCUT2D eigenvalue weighted by Crippen LogP contribution is 2.50. The van der Waals surface area contributed by atoms with Crippen LogP contribution in [-0.2, 0) is 4.79 Å². The predicted molar refractivity (Wildman–Crippen MR) is 88.9 cm³/mol. The van der Waals surface area contributed by atoms with Crippen molar-refractivity contribution < 1.29 is 13.6 Å². The third-order valence-corrected chi connectivity index (χ3v) is 7.12. The molecule has 1 amide bonds. The zero-order valence-electron chi connectivity index (χ0n) is 14.5. The Labute approximate surface area is 143 Å². The molecule has 1 spiro atoms. The number of hydrogen-bond acceptors (Lipinski definition) is 2. The molecule has 1 heterocycles. The number of carbonyl (C=O) groups is 1. The van der Waals surface area contributed by atoms with Gasteiger partial charge < -0.3 is 10.2 Å². The molecule has 24 heavy (non-hydrogen) atoms. The molecule has 4 aliphatic rings. The molecule has 4 rings (SSSR count). The Morgan fingerprint density at radius 1 is 1.08 bits per heavy atom. The molecule has 4 fully saturated rings. The summed E-state index contributed by atoms with van der Waals surface area (Å²) in [4.78, 5) is 15.3. The van der Waals surface area contributed by atoms with Crippen LogP contribution in [0.3, 0.4) is 0 Å². The highest BCUT2D eigenvalue weighted by Gasteiger charge is 2.52. The summed E-state index contributed by atoms with van der Waals surface area (Å²) in [6.07, 6.45) is 9.42. The standard InChI is InChI=1S/C19H30F2N2O/c20-19(21)10-15(11-19)22-17(24)16-6-3-7-18(16)8-9-23(13-18)12-14-4-1-2-5-14/h14-16H,1-13H2,(H,22,24)/t16-,18-/m0/s1. The van der Waals surface area contributed by atoms with Crippen LogP contribution >= 0.6 is 0 Å². The molecule has 1 N–H and O–H groups in total. The van der Waals surface area contributed by atoms with E-state index >= 15 is 0 Å². The van der Waals surface area contributed by atoms with E-state index in [2.05, 4.69) is 10.2 Å². The summed E-state index contributed by atoms with van der Waals surface area (Å²) in [5.41, 5.74) is 0.120. The lowest BCUT2D eigenvalue weighted by Gasteiger charge is -2.38. The molecule has 0 radical (unpaired) electrons. The Morgan fingerprint density at radius 3 is 2.54 bits per heavy atom. The summed E-state index contributed by atoms with van der Waals surface area (Å²) in [6, 6.07) is -0.304. The average Bonchev–Trinajstić information content (AvgIpc) is 3.20. The van der Waals surface area contributed by atoms with Gasteiger partial charge in [-0.05, 0) is 50.0 Å². The first kappa shape index (κ1) is 16.7. The topological polar surface area (TPSA) is 32.3 Å². The van der Waals surface area contributed by atoms with Gasteiger partial charge in [0.15, 0.2) is 0 Å². The van der Waals surface area contributed by atoms with Gasteiger partial charge in [-0.2, -0.15) is 0 Å². The molecule has 0 aromatic rings. The van der Waals surface area contributed by atoms with Gasteiger partial charge >= 0.3 is 0 Å². The molecule has 3 saturated carbocycles. The fourth-order valence-corrected chi connectivity index (χ4v) is 5.80. The summed E-state index contributed by atoms with van der Waals surface area (Å²) >= 11 is 0. The maximum atomic E-state index is 13.0. The summed E-state index contributed by atoms with van der Waals surface area (Å²) in [6.45, 7) is 3.36. The van der Waals surface area contributed by atoms with Gasteiger partial charge in [0, 0.05) is 37.9 Å². The number of nitrogens with zero attached hydrogens (tertiary/aromatic N) is 1. The van der Waals surface area contributed by atoms with Gasteiger partial charge in [0.2, 0.25) is 5.91 Å². The number of halogens is 2. The van der Waals surface area contributed by atoms with Crippen molar-refractivity contribution >= 4 is 5.91 Å². The second-order valence-electron chi connectivity index (χ2n) is 8.91. The number of likely N-dealkylation sites (tertiary alicyclic amines) is 1. The van der Waals surface area contributed by atoms with Crippen LogP contribution in [0, 0.1) is 17.3 Å². The Balaban J connectivity index is 1.33. The maximum absolute atomic E-state index is 13.0. The van der Waals surface area contributed by atoms with Gasteiger partial charge in [0.1, 0.15) is 0 Å². The molecule has 0 aromatic carbocycles. The monoisotopic (exact) mass is 340 g/mol. The van der Waals surface area contributed by atoms with E-state index in [9.17, 15) is 13.6 Å². The number of hydrogen-bond donors (Lipinski definition) is 1. The molecule has 1 aliphatic heterocycles. The second-order valence-corrected chi connectivity index (χ2v) is 8.91. The molecule has 1 saturated heterocycles. The minimum absolute atomic E-state index is 0.0419. The summed E-state index contributed by atoms with van der Waals surface area (Å²) in [5.74, 6) is -1.61. The van der Waals surface area contributed by atoms with Crippen LogP contribution in [-0.4, -0.2) is 42.4 Å². The van der Waals surface area contributed by atoms with Crippen molar-refractivity contribution in [2.24, 2.45) is 17.3 Å². The normalized spacial score (nSPS) is 37.2. The molecular weight excluding hydrogens is 310 g/mol. The van der Waals surface area contributed by atoms with Gasteiger partial charge in [-0.15, -0.1) is 0 Å². The molecule has 136 valence electrons. The van der Waals surface area contributed by atoms with E-state index in [0.717, 1.165) is 44.7 Å². The molecule has 5 heteroatoms. The van der Waals surface area contributed by atoms with Crippen LogP contribution in [0.2, 0.25) is 0 Å². The van der Waals surface area contributed by atoms with E-state index in [1.54, 1.807) is 0 Å². The fourth-order valence-electron chi connectivity index (χ4n) is 5.80. The minimum Gasteiger partial charge on any atom is -0.353 e. The molecule has 0 unspecified atom stereocenters. The van der Waals surface area contributed by atoms with Gasteiger partial charge in [-0.3, -0.25) is 4.79 Å². The molecule has 3 aliphatic carbocycles. The highest BCUT2D eigenvalue weighted by atomic mass is 19.3. The van der Waals surface area contributed by atoms with Gasteiger partial charge in [0.05, 0.1) is 0 Å². The Hall–Kier alpha value is -0.710. The van der Waals surface area contributed by atoms with Crippen molar-refractivity contribution in [1.82, 2.24) is 10.2 Å². The van der Waals surface area contributed by atoms with Crippen molar-refractivity contribution in [2.45, 2.75) is 76.2 Å². The van der Waals surface area contributed by atoms with E-state index in [1.807, 2.05) is 0 Å². The van der Waals surface area contributed by atoms with Crippen molar-refractivity contribution in [1.29, 1.82) is 0 Å². The molecule has 2 atom stereocenters.